The zero-order valence-electron chi connectivity index (χ0n) is 10.0. The quantitative estimate of drug-likeness (QED) is 0.814. The number of nitrogens with one attached hydrogen (secondary N) is 1. The number of rotatable bonds is 4. The molecule has 0 bridgehead atoms. The van der Waals surface area contributed by atoms with E-state index in [-0.39, 0.29) is 11.8 Å². The first kappa shape index (κ1) is 13.6. The van der Waals surface area contributed by atoms with Crippen LogP contribution in [0.15, 0.2) is 18.2 Å². The number of carbonyl (C=O) groups is 1. The van der Waals surface area contributed by atoms with Crippen molar-refractivity contribution in [2.24, 2.45) is 0 Å². The number of halogens is 1. The highest BCUT2D eigenvalue weighted by Crippen LogP contribution is 2.29. The summed E-state index contributed by atoms with van der Waals surface area (Å²) in [6.45, 7) is 2.69. The largest absolute Gasteiger partial charge is 0.506 e. The number of unbranched alkanes of at least 4 members (excludes halogenated alkanes) is 1. The van der Waals surface area contributed by atoms with Crippen molar-refractivity contribution in [3.05, 3.63) is 23.2 Å². The molecule has 94 valence electrons. The lowest BCUT2D eigenvalue weighted by molar-refractivity contribution is 0.247. The molecule has 4 nitrogen and oxygen atoms in total. The van der Waals surface area contributed by atoms with Crippen LogP contribution in [-0.2, 0) is 0 Å². The van der Waals surface area contributed by atoms with Gasteiger partial charge in [0, 0.05) is 24.7 Å². The normalized spacial score (nSPS) is 10.1. The molecular weight excluding hydrogens is 240 g/mol. The van der Waals surface area contributed by atoms with Crippen molar-refractivity contribution in [1.82, 2.24) is 5.32 Å². The van der Waals surface area contributed by atoms with Gasteiger partial charge in [-0.3, -0.25) is 4.90 Å². The molecule has 0 spiro atoms. The van der Waals surface area contributed by atoms with Gasteiger partial charge in [-0.1, -0.05) is 24.9 Å². The molecule has 0 aliphatic rings. The van der Waals surface area contributed by atoms with E-state index in [1.807, 2.05) is 0 Å². The molecule has 0 aromatic heterocycles. The van der Waals surface area contributed by atoms with E-state index in [4.69, 9.17) is 11.6 Å². The van der Waals surface area contributed by atoms with Gasteiger partial charge >= 0.3 is 6.03 Å². The van der Waals surface area contributed by atoms with Crippen molar-refractivity contribution < 1.29 is 9.90 Å². The van der Waals surface area contributed by atoms with Crippen LogP contribution in [-0.4, -0.2) is 24.7 Å². The summed E-state index contributed by atoms with van der Waals surface area (Å²) in [5, 5.41) is 12.9. The first-order valence-corrected chi connectivity index (χ1v) is 5.94. The predicted molar refractivity (Wildman–Crippen MR) is 69.8 cm³/mol. The molecule has 0 fully saturated rings. The Bertz CT molecular complexity index is 396. The van der Waals surface area contributed by atoms with Crippen LogP contribution in [0.25, 0.3) is 0 Å². The number of urea groups is 1. The Hall–Kier alpha value is -1.42. The fraction of sp³-hybridized carbons (Fsp3) is 0.417. The number of carbonyl (C=O) groups excluding carboxylic acids is 1. The van der Waals surface area contributed by atoms with Gasteiger partial charge in [0.1, 0.15) is 5.75 Å². The highest BCUT2D eigenvalue weighted by atomic mass is 35.5. The second-order valence-corrected chi connectivity index (χ2v) is 4.21. The second-order valence-electron chi connectivity index (χ2n) is 3.78. The number of phenols is 1. The molecule has 2 amide bonds. The molecule has 2 N–H and O–H groups in total. The minimum atomic E-state index is -0.240. The van der Waals surface area contributed by atoms with Crippen molar-refractivity contribution in [2.75, 3.05) is 18.5 Å². The maximum absolute atomic E-state index is 11.7. The molecular formula is C12H17ClN2O2. The third-order valence-electron chi connectivity index (χ3n) is 2.41. The van der Waals surface area contributed by atoms with E-state index >= 15 is 0 Å². The number of hydrogen-bond acceptors (Lipinski definition) is 2. The summed E-state index contributed by atoms with van der Waals surface area (Å²) in [5.74, 6) is -0.00867. The Morgan fingerprint density at radius 1 is 1.53 bits per heavy atom. The first-order valence-electron chi connectivity index (χ1n) is 5.56. The van der Waals surface area contributed by atoms with Gasteiger partial charge in [0.2, 0.25) is 0 Å². The van der Waals surface area contributed by atoms with E-state index in [1.54, 1.807) is 19.2 Å². The summed E-state index contributed by atoms with van der Waals surface area (Å²) in [7, 11) is 1.60. The molecule has 5 heteroatoms. The monoisotopic (exact) mass is 256 g/mol. The van der Waals surface area contributed by atoms with E-state index in [0.717, 1.165) is 12.8 Å². The SMILES string of the molecule is CCCCNC(=O)N(C)c1ccc(Cl)cc1O. The Kier molecular flexibility index (Phi) is 5.10. The van der Waals surface area contributed by atoms with Crippen molar-refractivity contribution in [1.29, 1.82) is 0 Å². The summed E-state index contributed by atoms with van der Waals surface area (Å²) in [6, 6.07) is 4.41. The van der Waals surface area contributed by atoms with Crippen molar-refractivity contribution >= 4 is 23.3 Å². The molecule has 0 aliphatic heterocycles. The maximum Gasteiger partial charge on any atom is 0.321 e. The van der Waals surface area contributed by atoms with Crippen molar-refractivity contribution in [3.8, 4) is 5.75 Å². The van der Waals surface area contributed by atoms with Gasteiger partial charge in [0.25, 0.3) is 0 Å². The molecule has 0 saturated heterocycles. The third kappa shape index (κ3) is 3.82. The van der Waals surface area contributed by atoms with Crippen LogP contribution in [0.1, 0.15) is 19.8 Å². The Balaban J connectivity index is 2.68. The van der Waals surface area contributed by atoms with Gasteiger partial charge in [0.05, 0.1) is 5.69 Å². The van der Waals surface area contributed by atoms with Crippen LogP contribution in [0.4, 0.5) is 10.5 Å². The number of hydrogen-bond donors (Lipinski definition) is 2. The summed E-state index contributed by atoms with van der Waals surface area (Å²) >= 11 is 5.72. The molecule has 0 radical (unpaired) electrons. The Morgan fingerprint density at radius 2 is 2.24 bits per heavy atom. The van der Waals surface area contributed by atoms with Gasteiger partial charge in [-0.2, -0.15) is 0 Å². The number of benzene rings is 1. The van der Waals surface area contributed by atoms with Crippen LogP contribution >= 0.6 is 11.6 Å². The van der Waals surface area contributed by atoms with Gasteiger partial charge in [-0.15, -0.1) is 0 Å². The first-order chi connectivity index (χ1) is 8.06. The van der Waals surface area contributed by atoms with Gasteiger partial charge in [0.15, 0.2) is 0 Å². The van der Waals surface area contributed by atoms with Crippen LogP contribution in [0.5, 0.6) is 5.75 Å². The van der Waals surface area contributed by atoms with E-state index in [1.165, 1.54) is 11.0 Å². The van der Waals surface area contributed by atoms with E-state index < -0.39 is 0 Å². The predicted octanol–water partition coefficient (Wildman–Crippen LogP) is 2.99. The lowest BCUT2D eigenvalue weighted by Crippen LogP contribution is -2.37. The van der Waals surface area contributed by atoms with E-state index in [9.17, 15) is 9.90 Å². The molecule has 0 heterocycles. The van der Waals surface area contributed by atoms with E-state index in [0.29, 0.717) is 17.3 Å². The third-order valence-corrected chi connectivity index (χ3v) is 2.65. The molecule has 0 aliphatic carbocycles. The molecule has 0 saturated carbocycles. The number of nitrogens with zero attached hydrogens (tertiary/aromatic N) is 1. The maximum atomic E-state index is 11.7. The Morgan fingerprint density at radius 3 is 2.82 bits per heavy atom. The molecule has 1 rings (SSSR count). The zero-order chi connectivity index (χ0) is 12.8. The zero-order valence-corrected chi connectivity index (χ0v) is 10.8. The molecule has 0 atom stereocenters. The van der Waals surface area contributed by atoms with Gasteiger partial charge < -0.3 is 10.4 Å². The average Bonchev–Trinajstić information content (AvgIpc) is 2.28. The fourth-order valence-electron chi connectivity index (χ4n) is 1.38. The van der Waals surface area contributed by atoms with Gasteiger partial charge in [-0.25, -0.2) is 4.79 Å². The lowest BCUT2D eigenvalue weighted by atomic mass is 10.3. The van der Waals surface area contributed by atoms with Crippen LogP contribution < -0.4 is 10.2 Å². The standard InChI is InChI=1S/C12H17ClN2O2/c1-3-4-7-14-12(17)15(2)10-6-5-9(13)8-11(10)16/h5-6,8,16H,3-4,7H2,1-2H3,(H,14,17). The van der Waals surface area contributed by atoms with Crippen molar-refractivity contribution in [2.45, 2.75) is 19.8 Å². The summed E-state index contributed by atoms with van der Waals surface area (Å²) in [5.41, 5.74) is 0.434. The number of amides is 2. The lowest BCUT2D eigenvalue weighted by Gasteiger charge is -2.19. The number of anilines is 1. The topological polar surface area (TPSA) is 52.6 Å². The Labute approximate surface area is 106 Å². The average molecular weight is 257 g/mol. The van der Waals surface area contributed by atoms with Crippen molar-refractivity contribution in [3.63, 3.8) is 0 Å². The highest BCUT2D eigenvalue weighted by Gasteiger charge is 2.13. The summed E-state index contributed by atoms with van der Waals surface area (Å²) in [4.78, 5) is 13.1. The second kappa shape index (κ2) is 6.35. The van der Waals surface area contributed by atoms with Crippen LogP contribution in [0.2, 0.25) is 5.02 Å². The molecule has 17 heavy (non-hydrogen) atoms. The minimum Gasteiger partial charge on any atom is -0.506 e. The minimum absolute atomic E-state index is 0.00867. The molecule has 0 unspecified atom stereocenters. The number of aromatic hydroxyl groups is 1. The smallest absolute Gasteiger partial charge is 0.321 e. The van der Waals surface area contributed by atoms with E-state index in [2.05, 4.69) is 12.2 Å². The highest BCUT2D eigenvalue weighted by molar-refractivity contribution is 6.30. The number of phenolic OH excluding ortho intramolecular Hbond substituents is 1. The summed E-state index contributed by atoms with van der Waals surface area (Å²) < 4.78 is 0. The molecule has 1 aromatic rings. The van der Waals surface area contributed by atoms with Gasteiger partial charge in [-0.05, 0) is 18.6 Å². The summed E-state index contributed by atoms with van der Waals surface area (Å²) in [6.07, 6.45) is 1.96. The van der Waals surface area contributed by atoms with Crippen LogP contribution in [0.3, 0.4) is 0 Å². The molecule has 1 aromatic carbocycles. The fourth-order valence-corrected chi connectivity index (χ4v) is 1.55. The van der Waals surface area contributed by atoms with Crippen LogP contribution in [0, 0.1) is 0 Å².